The Balaban J connectivity index is 0.000000209. The Kier molecular flexibility index (Phi) is 15.7. The molecule has 0 aliphatic carbocycles. The highest BCUT2D eigenvalue weighted by Gasteiger charge is 2.24. The third kappa shape index (κ3) is 10.1. The fourth-order valence-corrected chi connectivity index (χ4v) is 6.24. The largest absolute Gasteiger partial charge is 0.462 e. The Morgan fingerprint density at radius 3 is 2.00 bits per heavy atom. The van der Waals surface area contributed by atoms with Crippen molar-refractivity contribution in [2.75, 3.05) is 19.7 Å². The fourth-order valence-electron chi connectivity index (χ4n) is 4.90. The smallest absolute Gasteiger partial charge is 0.341 e. The Hall–Kier alpha value is -1.75. The normalized spacial score (nSPS) is 14.4. The zero-order chi connectivity index (χ0) is 34.0. The number of rotatable bonds is 4. The maximum absolute atomic E-state index is 13.8. The number of benzene rings is 2. The van der Waals surface area contributed by atoms with Gasteiger partial charge in [0.2, 0.25) is 0 Å². The van der Waals surface area contributed by atoms with Gasteiger partial charge in [0.25, 0.3) is 5.56 Å². The predicted molar refractivity (Wildman–Crippen MR) is 189 cm³/mol. The SMILES string of the molecule is C1CCNNCC1.CCOC(=O)C(=C(Cl)Cl)c1cc(C)c(Cl)cc1F.Cc1cc(-c2c(Cl)n3n(c2=O)CCCCC3)c(Cl)cc1Cl. The van der Waals surface area contributed by atoms with Gasteiger partial charge in [-0.2, -0.15) is 0 Å². The first-order valence-electron chi connectivity index (χ1n) is 15.0. The molecule has 1 aromatic heterocycles. The number of ether oxygens (including phenoxy) is 1. The van der Waals surface area contributed by atoms with Crippen molar-refractivity contribution in [3.05, 3.63) is 81.8 Å². The van der Waals surface area contributed by atoms with Crippen LogP contribution < -0.4 is 16.4 Å². The fraction of sp³-hybridized carbons (Fsp3) is 0.438. The van der Waals surface area contributed by atoms with Crippen molar-refractivity contribution in [3.63, 3.8) is 0 Å². The van der Waals surface area contributed by atoms with Crippen molar-refractivity contribution < 1.29 is 13.9 Å². The lowest BCUT2D eigenvalue weighted by molar-refractivity contribution is -0.136. The number of aryl methyl sites for hydroxylation is 2. The lowest BCUT2D eigenvalue weighted by atomic mass is 10.0. The molecule has 3 heterocycles. The Bertz CT molecular complexity index is 1600. The first kappa shape index (κ1) is 38.7. The van der Waals surface area contributed by atoms with E-state index >= 15 is 0 Å². The van der Waals surface area contributed by atoms with Gasteiger partial charge in [-0.15, -0.1) is 0 Å². The van der Waals surface area contributed by atoms with Crippen LogP contribution in [0.15, 0.2) is 33.6 Å². The van der Waals surface area contributed by atoms with Crippen LogP contribution in [0.3, 0.4) is 0 Å². The van der Waals surface area contributed by atoms with Crippen molar-refractivity contribution in [2.24, 2.45) is 0 Å². The number of esters is 1. The van der Waals surface area contributed by atoms with Crippen molar-refractivity contribution >= 4 is 81.1 Å². The molecular formula is C32H37Cl6FN4O3. The van der Waals surface area contributed by atoms with E-state index in [1.54, 1.807) is 24.6 Å². The number of carbonyl (C=O) groups excluding carboxylic acids is 1. The molecule has 0 bridgehead atoms. The summed E-state index contributed by atoms with van der Waals surface area (Å²) in [5.41, 5.74) is 8.48. The van der Waals surface area contributed by atoms with Crippen molar-refractivity contribution in [1.82, 2.24) is 20.2 Å². The molecule has 14 heteroatoms. The summed E-state index contributed by atoms with van der Waals surface area (Å²) in [4.78, 5) is 24.4. The van der Waals surface area contributed by atoms with Crippen LogP contribution in [0.25, 0.3) is 16.7 Å². The molecule has 3 aromatic rings. The number of carbonyl (C=O) groups is 1. The van der Waals surface area contributed by atoms with E-state index in [4.69, 9.17) is 74.3 Å². The van der Waals surface area contributed by atoms with E-state index in [0.717, 1.165) is 50.5 Å². The predicted octanol–water partition coefficient (Wildman–Crippen LogP) is 9.53. The van der Waals surface area contributed by atoms with Gasteiger partial charge >= 0.3 is 5.97 Å². The molecule has 1 fully saturated rings. The summed E-state index contributed by atoms with van der Waals surface area (Å²) < 4.78 is 21.8. The third-order valence-corrected chi connectivity index (χ3v) is 9.23. The maximum atomic E-state index is 13.8. The average Bonchev–Trinajstić information content (AvgIpc) is 3.34. The molecule has 0 saturated carbocycles. The zero-order valence-electron chi connectivity index (χ0n) is 25.9. The van der Waals surface area contributed by atoms with E-state index in [1.165, 1.54) is 25.3 Å². The highest BCUT2D eigenvalue weighted by Crippen LogP contribution is 2.35. The molecule has 2 N–H and O–H groups in total. The van der Waals surface area contributed by atoms with E-state index in [0.29, 0.717) is 38.4 Å². The molecule has 0 spiro atoms. The van der Waals surface area contributed by atoms with Gasteiger partial charge in [-0.25, -0.2) is 13.9 Å². The lowest BCUT2D eigenvalue weighted by Crippen LogP contribution is -2.30. The van der Waals surface area contributed by atoms with Gasteiger partial charge in [0, 0.05) is 47.4 Å². The van der Waals surface area contributed by atoms with Crippen LogP contribution in [-0.4, -0.2) is 35.0 Å². The van der Waals surface area contributed by atoms with Gasteiger partial charge in [0.1, 0.15) is 15.5 Å². The summed E-state index contributed by atoms with van der Waals surface area (Å²) in [5.74, 6) is -1.47. The molecule has 0 unspecified atom stereocenters. The minimum absolute atomic E-state index is 0.0321. The quantitative estimate of drug-likeness (QED) is 0.205. The number of nitrogens with one attached hydrogen (secondary N) is 2. The van der Waals surface area contributed by atoms with Crippen molar-refractivity contribution in [3.8, 4) is 11.1 Å². The highest BCUT2D eigenvalue weighted by molar-refractivity contribution is 6.61. The molecule has 2 aromatic carbocycles. The number of fused-ring (bicyclic) bond motifs is 1. The Morgan fingerprint density at radius 1 is 0.826 bits per heavy atom. The van der Waals surface area contributed by atoms with Crippen molar-refractivity contribution in [2.45, 2.75) is 72.4 Å². The van der Waals surface area contributed by atoms with Crippen LogP contribution in [0.5, 0.6) is 0 Å². The Labute approximate surface area is 298 Å². The summed E-state index contributed by atoms with van der Waals surface area (Å²) in [6.07, 6.45) is 7.16. The second-order valence-corrected chi connectivity index (χ2v) is 13.2. The van der Waals surface area contributed by atoms with E-state index in [1.807, 2.05) is 17.7 Å². The summed E-state index contributed by atoms with van der Waals surface area (Å²) in [6.45, 7) is 9.06. The number of hydrazine groups is 1. The van der Waals surface area contributed by atoms with Gasteiger partial charge in [0.05, 0.1) is 22.8 Å². The first-order valence-corrected chi connectivity index (χ1v) is 17.2. The standard InChI is InChI=1S/C15H15Cl3N2O.C12H10Cl3FO2.C5H12N2/c1-9-7-10(12(17)8-11(9)16)13-14(18)19-5-3-2-4-6-20(19)15(13)21;1-3-18-12(17)10(11(14)15)7-4-6(2)8(13)5-9(7)16;1-2-4-6-7-5-3-1/h7-8H,2-6H2,1H3;4-5H,3H2,1-2H3;6-7H,1-5H2. The topological polar surface area (TPSA) is 77.3 Å². The maximum Gasteiger partial charge on any atom is 0.341 e. The van der Waals surface area contributed by atoms with E-state index < -0.39 is 11.8 Å². The molecule has 7 nitrogen and oxygen atoms in total. The lowest BCUT2D eigenvalue weighted by Gasteiger charge is -2.10. The second kappa shape index (κ2) is 18.7. The monoisotopic (exact) mass is 754 g/mol. The number of hydrogen-bond acceptors (Lipinski definition) is 5. The molecule has 0 radical (unpaired) electrons. The molecule has 5 rings (SSSR count). The highest BCUT2D eigenvalue weighted by atomic mass is 35.5. The minimum atomic E-state index is -0.780. The molecule has 46 heavy (non-hydrogen) atoms. The summed E-state index contributed by atoms with van der Waals surface area (Å²) in [7, 11) is 0. The van der Waals surface area contributed by atoms with Gasteiger partial charge in [-0.1, -0.05) is 76.0 Å². The number of halogens is 7. The third-order valence-electron chi connectivity index (χ3n) is 7.34. The van der Waals surface area contributed by atoms with E-state index in [2.05, 4.69) is 10.9 Å². The van der Waals surface area contributed by atoms with Crippen LogP contribution in [0, 0.1) is 19.7 Å². The number of aromatic nitrogens is 2. The number of hydrogen-bond donors (Lipinski definition) is 2. The zero-order valence-corrected chi connectivity index (χ0v) is 30.4. The van der Waals surface area contributed by atoms with Crippen LogP contribution in [0.4, 0.5) is 4.39 Å². The molecule has 2 aliphatic heterocycles. The van der Waals surface area contributed by atoms with Crippen molar-refractivity contribution in [1.29, 1.82) is 0 Å². The van der Waals surface area contributed by atoms with Crippen LogP contribution in [-0.2, 0) is 22.6 Å². The molecule has 2 aliphatic rings. The molecule has 1 saturated heterocycles. The van der Waals surface area contributed by atoms with E-state index in [-0.39, 0.29) is 32.8 Å². The first-order chi connectivity index (χ1) is 21.9. The van der Waals surface area contributed by atoms with Gasteiger partial charge < -0.3 is 4.74 Å². The minimum Gasteiger partial charge on any atom is -0.462 e. The Morgan fingerprint density at radius 2 is 1.39 bits per heavy atom. The molecule has 252 valence electrons. The number of nitrogens with zero attached hydrogens (tertiary/aromatic N) is 2. The second-order valence-electron chi connectivity index (χ2n) is 10.7. The average molecular weight is 757 g/mol. The molecule has 0 atom stereocenters. The van der Waals surface area contributed by atoms with Crippen LogP contribution in [0.1, 0.15) is 62.1 Å². The van der Waals surface area contributed by atoms with Crippen LogP contribution >= 0.6 is 69.6 Å². The molecule has 0 amide bonds. The summed E-state index contributed by atoms with van der Waals surface area (Å²) in [5, 5.41) is 1.75. The molecular weight excluding hydrogens is 720 g/mol. The van der Waals surface area contributed by atoms with Gasteiger partial charge in [-0.3, -0.25) is 20.3 Å². The summed E-state index contributed by atoms with van der Waals surface area (Å²) in [6, 6.07) is 5.99. The van der Waals surface area contributed by atoms with Gasteiger partial charge in [0.15, 0.2) is 0 Å². The van der Waals surface area contributed by atoms with Gasteiger partial charge in [-0.05, 0) is 88.3 Å². The van der Waals surface area contributed by atoms with E-state index in [9.17, 15) is 14.0 Å². The van der Waals surface area contributed by atoms with Crippen LogP contribution in [0.2, 0.25) is 20.2 Å². The summed E-state index contributed by atoms with van der Waals surface area (Å²) >= 11 is 35.8.